The van der Waals surface area contributed by atoms with Gasteiger partial charge in [0.2, 0.25) is 0 Å². The second-order valence-corrected chi connectivity index (χ2v) is 5.88. The van der Waals surface area contributed by atoms with E-state index in [9.17, 15) is 10.2 Å². The Labute approximate surface area is 113 Å². The zero-order valence-corrected chi connectivity index (χ0v) is 12.7. The molecule has 0 aromatic rings. The highest BCUT2D eigenvalue weighted by Crippen LogP contribution is 2.10. The molecule has 0 aromatic carbocycles. The monoisotopic (exact) mass is 257 g/mol. The average molecular weight is 257 g/mol. The largest absolute Gasteiger partial charge is 0.392 e. The summed E-state index contributed by atoms with van der Waals surface area (Å²) in [5.41, 5.74) is 1.37. The molecule has 0 aliphatic carbocycles. The van der Waals surface area contributed by atoms with E-state index >= 15 is 0 Å². The van der Waals surface area contributed by atoms with E-state index < -0.39 is 0 Å². The molecular formula is C15H31NO2. The maximum atomic E-state index is 9.46. The van der Waals surface area contributed by atoms with Crippen molar-refractivity contribution in [3.8, 4) is 0 Å². The van der Waals surface area contributed by atoms with Gasteiger partial charge in [-0.3, -0.25) is 4.90 Å². The van der Waals surface area contributed by atoms with Crippen molar-refractivity contribution in [3.63, 3.8) is 0 Å². The van der Waals surface area contributed by atoms with Crippen LogP contribution in [-0.2, 0) is 0 Å². The topological polar surface area (TPSA) is 43.7 Å². The molecule has 0 heterocycles. The van der Waals surface area contributed by atoms with Gasteiger partial charge in [0.15, 0.2) is 0 Å². The summed E-state index contributed by atoms with van der Waals surface area (Å²) in [6.45, 7) is 12.3. The second kappa shape index (κ2) is 9.54. The van der Waals surface area contributed by atoms with Crippen LogP contribution >= 0.6 is 0 Å². The Morgan fingerprint density at radius 3 is 1.89 bits per heavy atom. The first-order valence-electron chi connectivity index (χ1n) is 7.03. The Kier molecular flexibility index (Phi) is 9.34. The first-order chi connectivity index (χ1) is 8.31. The fourth-order valence-electron chi connectivity index (χ4n) is 2.16. The lowest BCUT2D eigenvalue weighted by Gasteiger charge is -2.27. The molecule has 0 bridgehead atoms. The van der Waals surface area contributed by atoms with Crippen LogP contribution in [0.1, 0.15) is 47.5 Å². The minimum Gasteiger partial charge on any atom is -0.392 e. The molecule has 3 nitrogen and oxygen atoms in total. The molecule has 3 atom stereocenters. The smallest absolute Gasteiger partial charge is 0.0639 e. The molecule has 3 heteroatoms. The van der Waals surface area contributed by atoms with E-state index in [0.29, 0.717) is 19.0 Å². The Balaban J connectivity index is 4.08. The van der Waals surface area contributed by atoms with Crippen molar-refractivity contribution in [1.82, 2.24) is 4.90 Å². The fourth-order valence-corrected chi connectivity index (χ4v) is 2.16. The molecule has 0 aliphatic heterocycles. The predicted molar refractivity (Wildman–Crippen MR) is 77.6 cm³/mol. The number of hydrogen-bond acceptors (Lipinski definition) is 3. The third-order valence-corrected chi connectivity index (χ3v) is 2.83. The molecule has 108 valence electrons. The zero-order valence-electron chi connectivity index (χ0n) is 12.7. The number of aliphatic hydroxyl groups excluding tert-OH is 2. The second-order valence-electron chi connectivity index (χ2n) is 5.88. The Morgan fingerprint density at radius 1 is 1.00 bits per heavy atom. The number of allylic oxidation sites excluding steroid dienone is 2. The van der Waals surface area contributed by atoms with Gasteiger partial charge in [-0.25, -0.2) is 0 Å². The highest BCUT2D eigenvalue weighted by Gasteiger charge is 2.14. The van der Waals surface area contributed by atoms with Gasteiger partial charge < -0.3 is 10.2 Å². The van der Waals surface area contributed by atoms with Crippen molar-refractivity contribution >= 4 is 0 Å². The van der Waals surface area contributed by atoms with Gasteiger partial charge in [-0.2, -0.15) is 0 Å². The van der Waals surface area contributed by atoms with Crippen LogP contribution in [0.4, 0.5) is 0 Å². The van der Waals surface area contributed by atoms with Gasteiger partial charge in [0, 0.05) is 19.6 Å². The van der Waals surface area contributed by atoms with Crippen molar-refractivity contribution in [2.45, 2.75) is 59.7 Å². The highest BCUT2D eigenvalue weighted by atomic mass is 16.3. The van der Waals surface area contributed by atoms with Crippen LogP contribution in [0.15, 0.2) is 11.6 Å². The molecule has 0 saturated carbocycles. The van der Waals surface area contributed by atoms with Crippen LogP contribution in [0.25, 0.3) is 0 Å². The quantitative estimate of drug-likeness (QED) is 0.624. The molecule has 2 N–H and O–H groups in total. The summed E-state index contributed by atoms with van der Waals surface area (Å²) in [6.07, 6.45) is 3.86. The van der Waals surface area contributed by atoms with Gasteiger partial charge in [-0.1, -0.05) is 18.6 Å². The van der Waals surface area contributed by atoms with Gasteiger partial charge in [0.05, 0.1) is 12.2 Å². The van der Waals surface area contributed by atoms with Gasteiger partial charge in [0.1, 0.15) is 0 Å². The van der Waals surface area contributed by atoms with Crippen LogP contribution in [0.2, 0.25) is 0 Å². The number of hydrogen-bond donors (Lipinski definition) is 2. The Morgan fingerprint density at radius 2 is 1.50 bits per heavy atom. The van der Waals surface area contributed by atoms with Crippen molar-refractivity contribution in [2.75, 3.05) is 19.6 Å². The summed E-state index contributed by atoms with van der Waals surface area (Å²) >= 11 is 0. The molecule has 0 rings (SSSR count). The van der Waals surface area contributed by atoms with E-state index in [2.05, 4.69) is 31.7 Å². The summed E-state index contributed by atoms with van der Waals surface area (Å²) in [6, 6.07) is 0. The molecule has 0 spiro atoms. The SMILES string of the molecule is CC(C)=CCC[C@@H](C)CN(C[C@H](C)O)C[C@H](C)O. The third-order valence-electron chi connectivity index (χ3n) is 2.83. The van der Waals surface area contributed by atoms with Crippen LogP contribution in [0.3, 0.4) is 0 Å². The molecule has 0 aliphatic rings. The predicted octanol–water partition coefficient (Wildman–Crippen LogP) is 2.43. The van der Waals surface area contributed by atoms with Gasteiger partial charge in [0.25, 0.3) is 0 Å². The van der Waals surface area contributed by atoms with Crippen molar-refractivity contribution < 1.29 is 10.2 Å². The van der Waals surface area contributed by atoms with Gasteiger partial charge in [-0.15, -0.1) is 0 Å². The van der Waals surface area contributed by atoms with Gasteiger partial charge >= 0.3 is 0 Å². The Hall–Kier alpha value is -0.380. The van der Waals surface area contributed by atoms with E-state index in [-0.39, 0.29) is 12.2 Å². The van der Waals surface area contributed by atoms with Crippen LogP contribution in [0, 0.1) is 5.92 Å². The molecule has 0 amide bonds. The molecule has 0 aromatic heterocycles. The fraction of sp³-hybridized carbons (Fsp3) is 0.867. The Bertz CT molecular complexity index is 223. The molecular weight excluding hydrogens is 226 g/mol. The summed E-state index contributed by atoms with van der Waals surface area (Å²) < 4.78 is 0. The van der Waals surface area contributed by atoms with E-state index in [1.165, 1.54) is 5.57 Å². The summed E-state index contributed by atoms with van der Waals surface area (Å²) in [5, 5.41) is 18.9. The molecule has 18 heavy (non-hydrogen) atoms. The lowest BCUT2D eigenvalue weighted by atomic mass is 10.0. The summed E-state index contributed by atoms with van der Waals surface area (Å²) in [5.74, 6) is 0.582. The third kappa shape index (κ3) is 10.8. The minimum atomic E-state index is -0.339. The standard InChI is InChI=1S/C15H31NO2/c1-12(2)7-6-8-13(3)9-16(10-14(4)17)11-15(5)18/h7,13-15,17-18H,6,8-11H2,1-5H3/t13-,14+,15+/m1/s1. The zero-order chi connectivity index (χ0) is 14.1. The molecule has 0 saturated heterocycles. The maximum Gasteiger partial charge on any atom is 0.0639 e. The van der Waals surface area contributed by atoms with Crippen LogP contribution in [0.5, 0.6) is 0 Å². The lowest BCUT2D eigenvalue weighted by Crippen LogP contribution is -2.39. The summed E-state index contributed by atoms with van der Waals surface area (Å²) in [4.78, 5) is 2.16. The van der Waals surface area contributed by atoms with E-state index in [0.717, 1.165) is 19.4 Å². The van der Waals surface area contributed by atoms with Gasteiger partial charge in [-0.05, 0) is 46.5 Å². The average Bonchev–Trinajstić information content (AvgIpc) is 2.13. The molecule has 0 fully saturated rings. The number of aliphatic hydroxyl groups is 2. The normalized spacial score (nSPS) is 16.4. The first kappa shape index (κ1) is 17.6. The lowest BCUT2D eigenvalue weighted by molar-refractivity contribution is 0.0747. The number of rotatable bonds is 9. The van der Waals surface area contributed by atoms with E-state index in [4.69, 9.17) is 0 Å². The molecule has 0 unspecified atom stereocenters. The van der Waals surface area contributed by atoms with Crippen molar-refractivity contribution in [1.29, 1.82) is 0 Å². The van der Waals surface area contributed by atoms with E-state index in [1.807, 2.05) is 0 Å². The van der Waals surface area contributed by atoms with Crippen molar-refractivity contribution in [2.24, 2.45) is 5.92 Å². The van der Waals surface area contributed by atoms with E-state index in [1.54, 1.807) is 13.8 Å². The number of nitrogens with zero attached hydrogens (tertiary/aromatic N) is 1. The summed E-state index contributed by atoms with van der Waals surface area (Å²) in [7, 11) is 0. The molecule has 0 radical (unpaired) electrons. The van der Waals surface area contributed by atoms with Crippen LogP contribution in [-0.4, -0.2) is 47.0 Å². The van der Waals surface area contributed by atoms with Crippen molar-refractivity contribution in [3.05, 3.63) is 11.6 Å². The highest BCUT2D eigenvalue weighted by molar-refractivity contribution is 4.92. The first-order valence-corrected chi connectivity index (χ1v) is 7.03. The maximum absolute atomic E-state index is 9.46. The van der Waals surface area contributed by atoms with Crippen LogP contribution < -0.4 is 0 Å². The minimum absolute atomic E-state index is 0.339.